The number of hydrogen-bond acceptors (Lipinski definition) is 5. The van der Waals surface area contributed by atoms with Crippen LogP contribution < -0.4 is 0 Å². The number of hydrogen-bond donors (Lipinski definition) is 0. The van der Waals surface area contributed by atoms with Gasteiger partial charge >= 0.3 is 0 Å². The first-order valence-corrected chi connectivity index (χ1v) is 5.83. The molecule has 1 aromatic rings. The monoisotopic (exact) mass is 241 g/mol. The van der Waals surface area contributed by atoms with E-state index in [0.29, 0.717) is 19.8 Å². The second-order valence-electron chi connectivity index (χ2n) is 4.66. The SMILES string of the molecule is CC(C)OCC1COC(C)(Cn2cncn2)O1. The van der Waals surface area contributed by atoms with Crippen LogP contribution in [0.4, 0.5) is 0 Å². The van der Waals surface area contributed by atoms with Gasteiger partial charge < -0.3 is 14.2 Å². The van der Waals surface area contributed by atoms with Crippen LogP contribution in [0.25, 0.3) is 0 Å². The van der Waals surface area contributed by atoms with Gasteiger partial charge in [0.25, 0.3) is 0 Å². The zero-order chi connectivity index (χ0) is 12.3. The average Bonchev–Trinajstić information content (AvgIpc) is 2.86. The molecule has 0 aromatic carbocycles. The second-order valence-corrected chi connectivity index (χ2v) is 4.66. The molecule has 1 aliphatic heterocycles. The maximum Gasteiger partial charge on any atom is 0.185 e. The molecule has 0 spiro atoms. The summed E-state index contributed by atoms with van der Waals surface area (Å²) in [5.74, 6) is -0.640. The van der Waals surface area contributed by atoms with Crippen molar-refractivity contribution in [2.24, 2.45) is 0 Å². The van der Waals surface area contributed by atoms with Crippen LogP contribution in [-0.2, 0) is 20.8 Å². The Morgan fingerprint density at radius 1 is 1.59 bits per heavy atom. The van der Waals surface area contributed by atoms with Crippen LogP contribution in [-0.4, -0.2) is 46.0 Å². The summed E-state index contributed by atoms with van der Waals surface area (Å²) in [5.41, 5.74) is 0. The highest BCUT2D eigenvalue weighted by atomic mass is 16.7. The maximum atomic E-state index is 5.84. The fraction of sp³-hybridized carbons (Fsp3) is 0.818. The van der Waals surface area contributed by atoms with Crippen LogP contribution in [0, 0.1) is 0 Å². The second kappa shape index (κ2) is 5.12. The molecule has 0 radical (unpaired) electrons. The Hall–Kier alpha value is -0.980. The van der Waals surface area contributed by atoms with Crippen molar-refractivity contribution in [3.63, 3.8) is 0 Å². The molecule has 0 bridgehead atoms. The van der Waals surface area contributed by atoms with E-state index in [9.17, 15) is 0 Å². The van der Waals surface area contributed by atoms with Gasteiger partial charge in [0.2, 0.25) is 0 Å². The average molecular weight is 241 g/mol. The third-order valence-corrected chi connectivity index (χ3v) is 2.52. The van der Waals surface area contributed by atoms with Crippen LogP contribution in [0.2, 0.25) is 0 Å². The van der Waals surface area contributed by atoms with Gasteiger partial charge in [-0.1, -0.05) is 0 Å². The molecule has 1 fully saturated rings. The Kier molecular flexibility index (Phi) is 3.76. The summed E-state index contributed by atoms with van der Waals surface area (Å²) in [6.45, 7) is 7.56. The molecule has 0 saturated carbocycles. The van der Waals surface area contributed by atoms with E-state index in [-0.39, 0.29) is 12.2 Å². The van der Waals surface area contributed by atoms with Gasteiger partial charge in [0.15, 0.2) is 5.79 Å². The topological polar surface area (TPSA) is 58.4 Å². The zero-order valence-electron chi connectivity index (χ0n) is 10.5. The molecule has 0 N–H and O–H groups in total. The largest absolute Gasteiger partial charge is 0.376 e. The molecule has 1 aromatic heterocycles. The predicted octanol–water partition coefficient (Wildman–Crippen LogP) is 0.835. The molecule has 6 heteroatoms. The molecule has 6 nitrogen and oxygen atoms in total. The highest BCUT2D eigenvalue weighted by molar-refractivity contribution is 4.76. The molecular formula is C11H19N3O3. The summed E-state index contributed by atoms with van der Waals surface area (Å²) in [5, 5.41) is 4.04. The lowest BCUT2D eigenvalue weighted by molar-refractivity contribution is -0.171. The minimum absolute atomic E-state index is 0.00841. The van der Waals surface area contributed by atoms with Crippen molar-refractivity contribution in [3.8, 4) is 0 Å². The molecular weight excluding hydrogens is 222 g/mol. The number of aromatic nitrogens is 3. The highest BCUT2D eigenvalue weighted by Gasteiger charge is 2.38. The number of ether oxygens (including phenoxy) is 3. The molecule has 1 aliphatic rings. The van der Waals surface area contributed by atoms with Crippen molar-refractivity contribution in [1.29, 1.82) is 0 Å². The van der Waals surface area contributed by atoms with Gasteiger partial charge in [0.1, 0.15) is 18.8 Å². The van der Waals surface area contributed by atoms with Gasteiger partial charge in [0, 0.05) is 0 Å². The molecule has 1 saturated heterocycles. The summed E-state index contributed by atoms with van der Waals surface area (Å²) in [6, 6.07) is 0. The van der Waals surface area contributed by atoms with Crippen molar-refractivity contribution in [1.82, 2.24) is 14.8 Å². The van der Waals surface area contributed by atoms with E-state index < -0.39 is 5.79 Å². The lowest BCUT2D eigenvalue weighted by Crippen LogP contribution is -2.33. The van der Waals surface area contributed by atoms with Gasteiger partial charge in [-0.25, -0.2) is 9.67 Å². The molecule has 2 rings (SSSR count). The van der Waals surface area contributed by atoms with E-state index >= 15 is 0 Å². The van der Waals surface area contributed by atoms with Gasteiger partial charge in [-0.05, 0) is 20.8 Å². The summed E-state index contributed by atoms with van der Waals surface area (Å²) >= 11 is 0. The smallest absolute Gasteiger partial charge is 0.185 e. The van der Waals surface area contributed by atoms with E-state index in [1.165, 1.54) is 6.33 Å². The van der Waals surface area contributed by atoms with Crippen molar-refractivity contribution in [3.05, 3.63) is 12.7 Å². The Morgan fingerprint density at radius 2 is 2.41 bits per heavy atom. The summed E-state index contributed by atoms with van der Waals surface area (Å²) < 4.78 is 18.7. The molecule has 0 amide bonds. The van der Waals surface area contributed by atoms with E-state index in [2.05, 4.69) is 10.1 Å². The van der Waals surface area contributed by atoms with E-state index in [4.69, 9.17) is 14.2 Å². The van der Waals surface area contributed by atoms with E-state index in [0.717, 1.165) is 0 Å². The van der Waals surface area contributed by atoms with Crippen molar-refractivity contribution < 1.29 is 14.2 Å². The Bertz CT molecular complexity index is 342. The molecule has 0 aliphatic carbocycles. The lowest BCUT2D eigenvalue weighted by atomic mass is 10.3. The number of rotatable bonds is 5. The minimum atomic E-state index is -0.640. The molecule has 96 valence electrons. The summed E-state index contributed by atoms with van der Waals surface area (Å²) in [6.07, 6.45) is 3.35. The fourth-order valence-electron chi connectivity index (χ4n) is 1.76. The first-order chi connectivity index (χ1) is 8.07. The van der Waals surface area contributed by atoms with Crippen LogP contribution in [0.5, 0.6) is 0 Å². The number of nitrogens with zero attached hydrogens (tertiary/aromatic N) is 3. The fourth-order valence-corrected chi connectivity index (χ4v) is 1.76. The standard InChI is InChI=1S/C11H19N3O3/c1-9(2)15-4-10-5-16-11(3,17-10)6-14-8-12-7-13-14/h7-10H,4-6H2,1-3H3. The van der Waals surface area contributed by atoms with Crippen LogP contribution in [0.1, 0.15) is 20.8 Å². The van der Waals surface area contributed by atoms with Gasteiger partial charge in [-0.2, -0.15) is 5.10 Å². The van der Waals surface area contributed by atoms with Crippen molar-refractivity contribution >= 4 is 0 Å². The van der Waals surface area contributed by atoms with E-state index in [1.54, 1.807) is 11.0 Å². The molecule has 2 unspecified atom stereocenters. The third kappa shape index (κ3) is 3.49. The van der Waals surface area contributed by atoms with Gasteiger partial charge in [0.05, 0.1) is 25.9 Å². The normalized spacial score (nSPS) is 29.1. The van der Waals surface area contributed by atoms with Gasteiger partial charge in [-0.15, -0.1) is 0 Å². The highest BCUT2D eigenvalue weighted by Crippen LogP contribution is 2.25. The maximum absolute atomic E-state index is 5.84. The molecule has 2 atom stereocenters. The molecule has 2 heterocycles. The summed E-state index contributed by atoms with van der Waals surface area (Å²) in [7, 11) is 0. The van der Waals surface area contributed by atoms with E-state index in [1.807, 2.05) is 20.8 Å². The Labute approximate surface area is 101 Å². The third-order valence-electron chi connectivity index (χ3n) is 2.52. The first kappa shape index (κ1) is 12.5. The van der Waals surface area contributed by atoms with Crippen molar-refractivity contribution in [2.45, 2.75) is 45.3 Å². The van der Waals surface area contributed by atoms with Crippen LogP contribution in [0.3, 0.4) is 0 Å². The van der Waals surface area contributed by atoms with Gasteiger partial charge in [-0.3, -0.25) is 0 Å². The lowest BCUT2D eigenvalue weighted by Gasteiger charge is -2.23. The molecule has 17 heavy (non-hydrogen) atoms. The summed E-state index contributed by atoms with van der Waals surface area (Å²) in [4.78, 5) is 3.89. The zero-order valence-corrected chi connectivity index (χ0v) is 10.5. The minimum Gasteiger partial charge on any atom is -0.376 e. The first-order valence-electron chi connectivity index (χ1n) is 5.83. The van der Waals surface area contributed by atoms with Crippen molar-refractivity contribution in [2.75, 3.05) is 13.2 Å². The predicted molar refractivity (Wildman–Crippen MR) is 60.3 cm³/mol. The quantitative estimate of drug-likeness (QED) is 0.764. The Morgan fingerprint density at radius 3 is 3.06 bits per heavy atom. The van der Waals surface area contributed by atoms with Crippen LogP contribution in [0.15, 0.2) is 12.7 Å². The van der Waals surface area contributed by atoms with Crippen LogP contribution >= 0.6 is 0 Å². The Balaban J connectivity index is 1.83.